The fourth-order valence-electron chi connectivity index (χ4n) is 3.89. The summed E-state index contributed by atoms with van der Waals surface area (Å²) in [6.07, 6.45) is 5.45. The summed E-state index contributed by atoms with van der Waals surface area (Å²) in [6, 6.07) is 5.68. The van der Waals surface area contributed by atoms with E-state index in [0.717, 1.165) is 36.1 Å². The number of carbonyl (C=O) groups is 1. The van der Waals surface area contributed by atoms with Crippen molar-refractivity contribution >= 4 is 26.8 Å². The van der Waals surface area contributed by atoms with Crippen LogP contribution in [0, 0.1) is 5.82 Å². The van der Waals surface area contributed by atoms with Crippen LogP contribution in [0.2, 0.25) is 0 Å². The number of rotatable bonds is 4. The number of benzene rings is 1. The van der Waals surface area contributed by atoms with Crippen LogP contribution in [0.15, 0.2) is 41.6 Å². The third kappa shape index (κ3) is 4.45. The van der Waals surface area contributed by atoms with Crippen LogP contribution in [-0.2, 0) is 14.6 Å². The zero-order valence-electron chi connectivity index (χ0n) is 18.2. The van der Waals surface area contributed by atoms with Gasteiger partial charge in [-0.25, -0.2) is 17.6 Å². The zero-order chi connectivity index (χ0) is 23.0. The van der Waals surface area contributed by atoms with Crippen molar-refractivity contribution in [3.05, 3.63) is 42.5 Å². The molecule has 0 radical (unpaired) electrons. The highest BCUT2D eigenvalue weighted by molar-refractivity contribution is 7.90. The SMILES string of the molecule is CC(C)OC(=O)N1CCC(n2ncc3cc(-c4ccc(S(C)(=O)=O)cc4F)ncc32)CC1. The van der Waals surface area contributed by atoms with E-state index in [1.165, 1.54) is 12.1 Å². The Bertz CT molecular complexity index is 1260. The highest BCUT2D eigenvalue weighted by Crippen LogP contribution is 2.30. The summed E-state index contributed by atoms with van der Waals surface area (Å²) in [7, 11) is -3.49. The second kappa shape index (κ2) is 8.50. The van der Waals surface area contributed by atoms with Gasteiger partial charge in [0, 0.05) is 30.3 Å². The number of fused-ring (bicyclic) bond motifs is 1. The summed E-state index contributed by atoms with van der Waals surface area (Å²) in [5.74, 6) is -0.646. The average Bonchev–Trinajstić information content (AvgIpc) is 3.16. The maximum Gasteiger partial charge on any atom is 0.410 e. The lowest BCUT2D eigenvalue weighted by molar-refractivity contribution is 0.0656. The molecule has 1 aromatic carbocycles. The Balaban J connectivity index is 1.54. The van der Waals surface area contributed by atoms with Crippen molar-refractivity contribution in [2.75, 3.05) is 19.3 Å². The van der Waals surface area contributed by atoms with Gasteiger partial charge in [0.25, 0.3) is 0 Å². The Labute approximate surface area is 185 Å². The highest BCUT2D eigenvalue weighted by atomic mass is 32.2. The lowest BCUT2D eigenvalue weighted by Gasteiger charge is -2.32. The van der Waals surface area contributed by atoms with E-state index < -0.39 is 15.7 Å². The molecule has 0 N–H and O–H groups in total. The molecule has 4 rings (SSSR count). The summed E-state index contributed by atoms with van der Waals surface area (Å²) >= 11 is 0. The maximum absolute atomic E-state index is 14.6. The normalized spacial score (nSPS) is 15.5. The molecule has 1 fully saturated rings. The van der Waals surface area contributed by atoms with Gasteiger partial charge in [0.05, 0.1) is 40.6 Å². The van der Waals surface area contributed by atoms with Crippen LogP contribution in [-0.4, -0.2) is 59.6 Å². The molecule has 3 heterocycles. The molecule has 1 aliphatic rings. The van der Waals surface area contributed by atoms with Crippen LogP contribution in [0.5, 0.6) is 0 Å². The largest absolute Gasteiger partial charge is 0.447 e. The molecule has 0 aliphatic carbocycles. The summed E-state index contributed by atoms with van der Waals surface area (Å²) in [5, 5.41) is 5.32. The highest BCUT2D eigenvalue weighted by Gasteiger charge is 2.26. The van der Waals surface area contributed by atoms with E-state index in [4.69, 9.17) is 4.74 Å². The number of pyridine rings is 1. The first-order chi connectivity index (χ1) is 15.1. The molecule has 3 aromatic rings. The molecule has 1 saturated heterocycles. The van der Waals surface area contributed by atoms with Crippen LogP contribution in [0.25, 0.3) is 22.2 Å². The minimum absolute atomic E-state index is 0.0729. The Morgan fingerprint density at radius 3 is 2.53 bits per heavy atom. The van der Waals surface area contributed by atoms with Gasteiger partial charge in [-0.15, -0.1) is 0 Å². The maximum atomic E-state index is 14.6. The molecule has 1 aliphatic heterocycles. The number of halogens is 1. The van der Waals surface area contributed by atoms with Gasteiger partial charge < -0.3 is 9.64 Å². The average molecular weight is 461 g/mol. The van der Waals surface area contributed by atoms with Gasteiger partial charge >= 0.3 is 6.09 Å². The first-order valence-electron chi connectivity index (χ1n) is 10.4. The number of hydrogen-bond acceptors (Lipinski definition) is 6. The quantitative estimate of drug-likeness (QED) is 0.587. The molecule has 170 valence electrons. The molecule has 0 saturated carbocycles. The van der Waals surface area contributed by atoms with Gasteiger partial charge in [0.15, 0.2) is 9.84 Å². The van der Waals surface area contributed by atoms with Gasteiger partial charge in [-0.05, 0) is 51.0 Å². The standard InChI is InChI=1S/C22H25FN4O4S/c1-14(2)31-22(28)26-8-6-16(7-9-26)27-21-13-24-20(10-15(21)12-25-27)18-5-4-17(11-19(18)23)32(3,29)30/h4-5,10-14,16H,6-9H2,1-3H3. The number of aromatic nitrogens is 3. The number of ether oxygens (including phenoxy) is 1. The summed E-state index contributed by atoms with van der Waals surface area (Å²) < 4.78 is 45.0. The number of hydrogen-bond donors (Lipinski definition) is 0. The molecule has 0 atom stereocenters. The molecule has 1 amide bonds. The van der Waals surface area contributed by atoms with Crippen molar-refractivity contribution < 1.29 is 22.3 Å². The summed E-state index contributed by atoms with van der Waals surface area (Å²) in [5.41, 5.74) is 1.45. The Kier molecular flexibility index (Phi) is 5.89. The van der Waals surface area contributed by atoms with Gasteiger partial charge in [-0.2, -0.15) is 5.10 Å². The Morgan fingerprint density at radius 2 is 1.91 bits per heavy atom. The van der Waals surface area contributed by atoms with Crippen LogP contribution >= 0.6 is 0 Å². The van der Waals surface area contributed by atoms with Crippen molar-refractivity contribution in [2.45, 2.75) is 43.7 Å². The number of nitrogens with zero attached hydrogens (tertiary/aromatic N) is 4. The number of carbonyl (C=O) groups excluding carboxylic acids is 1. The van der Waals surface area contributed by atoms with Crippen LogP contribution in [0.3, 0.4) is 0 Å². The van der Waals surface area contributed by atoms with Gasteiger partial charge in [-0.3, -0.25) is 9.67 Å². The summed E-state index contributed by atoms with van der Waals surface area (Å²) in [4.78, 5) is 18.1. The van der Waals surface area contributed by atoms with Gasteiger partial charge in [0.1, 0.15) is 5.82 Å². The molecular formula is C22H25FN4O4S. The number of sulfone groups is 1. The van der Waals surface area contributed by atoms with E-state index in [2.05, 4.69) is 10.1 Å². The number of amides is 1. The first kappa shape index (κ1) is 22.2. The summed E-state index contributed by atoms with van der Waals surface area (Å²) in [6.45, 7) is 4.82. The second-order valence-electron chi connectivity index (χ2n) is 8.28. The van der Waals surface area contributed by atoms with Crippen molar-refractivity contribution in [3.63, 3.8) is 0 Å². The minimum Gasteiger partial charge on any atom is -0.447 e. The van der Waals surface area contributed by atoms with E-state index in [1.54, 1.807) is 23.4 Å². The minimum atomic E-state index is -3.49. The molecule has 0 spiro atoms. The fraction of sp³-hybridized carbons (Fsp3) is 0.409. The molecule has 0 unspecified atom stereocenters. The third-order valence-electron chi connectivity index (χ3n) is 5.53. The van der Waals surface area contributed by atoms with E-state index in [9.17, 15) is 17.6 Å². The molecule has 0 bridgehead atoms. The van der Waals surface area contributed by atoms with Crippen LogP contribution in [0.1, 0.15) is 32.7 Å². The lowest BCUT2D eigenvalue weighted by Crippen LogP contribution is -2.40. The van der Waals surface area contributed by atoms with E-state index in [0.29, 0.717) is 18.8 Å². The van der Waals surface area contributed by atoms with E-state index >= 15 is 0 Å². The predicted octanol–water partition coefficient (Wildman–Crippen LogP) is 3.82. The Hall–Kier alpha value is -3.01. The van der Waals surface area contributed by atoms with Crippen molar-refractivity contribution in [2.24, 2.45) is 0 Å². The molecule has 2 aromatic heterocycles. The van der Waals surface area contributed by atoms with E-state index in [1.807, 2.05) is 18.5 Å². The van der Waals surface area contributed by atoms with Gasteiger partial charge in [0.2, 0.25) is 0 Å². The predicted molar refractivity (Wildman–Crippen MR) is 117 cm³/mol. The van der Waals surface area contributed by atoms with Crippen molar-refractivity contribution in [3.8, 4) is 11.3 Å². The second-order valence-corrected chi connectivity index (χ2v) is 10.3. The monoisotopic (exact) mass is 460 g/mol. The Morgan fingerprint density at radius 1 is 1.19 bits per heavy atom. The number of likely N-dealkylation sites (tertiary alicyclic amines) is 1. The fourth-order valence-corrected chi connectivity index (χ4v) is 4.52. The first-order valence-corrected chi connectivity index (χ1v) is 12.3. The van der Waals surface area contributed by atoms with Crippen molar-refractivity contribution in [1.82, 2.24) is 19.7 Å². The van der Waals surface area contributed by atoms with Gasteiger partial charge in [-0.1, -0.05) is 0 Å². The molecule has 32 heavy (non-hydrogen) atoms. The zero-order valence-corrected chi connectivity index (χ0v) is 19.0. The smallest absolute Gasteiger partial charge is 0.410 e. The molecular weight excluding hydrogens is 435 g/mol. The lowest BCUT2D eigenvalue weighted by atomic mass is 10.1. The molecule has 8 nitrogen and oxygen atoms in total. The van der Waals surface area contributed by atoms with E-state index in [-0.39, 0.29) is 28.7 Å². The van der Waals surface area contributed by atoms with Crippen molar-refractivity contribution in [1.29, 1.82) is 0 Å². The van der Waals surface area contributed by atoms with Crippen LogP contribution in [0.4, 0.5) is 9.18 Å². The topological polar surface area (TPSA) is 94.4 Å². The number of piperidine rings is 1. The molecule has 10 heteroatoms. The van der Waals surface area contributed by atoms with Crippen LogP contribution < -0.4 is 0 Å². The third-order valence-corrected chi connectivity index (χ3v) is 6.64.